The van der Waals surface area contributed by atoms with Crippen molar-refractivity contribution in [3.63, 3.8) is 0 Å². The molecule has 0 aliphatic carbocycles. The predicted molar refractivity (Wildman–Crippen MR) is 99.2 cm³/mol. The van der Waals surface area contributed by atoms with E-state index in [1.807, 2.05) is 6.07 Å². The molecule has 0 aliphatic rings. The molecule has 0 aliphatic heterocycles. The Bertz CT molecular complexity index is 1010. The smallest absolute Gasteiger partial charge is 0.232 e. The SMILES string of the molecule is COc1cc(F)c(Nc2cc(OC)nc(Nc3ccc(C#N)cc3)n2)c(F)c1. The summed E-state index contributed by atoms with van der Waals surface area (Å²) < 4.78 is 38.3. The minimum Gasteiger partial charge on any atom is -0.497 e. The van der Waals surface area contributed by atoms with Gasteiger partial charge in [0.1, 0.15) is 17.3 Å². The average Bonchev–Trinajstić information content (AvgIpc) is 2.70. The lowest BCUT2D eigenvalue weighted by Crippen LogP contribution is -2.05. The first-order valence-corrected chi connectivity index (χ1v) is 8.02. The van der Waals surface area contributed by atoms with E-state index in [0.717, 1.165) is 12.1 Å². The number of nitrogens with one attached hydrogen (secondary N) is 2. The molecule has 0 saturated heterocycles. The van der Waals surface area contributed by atoms with Gasteiger partial charge in [-0.25, -0.2) is 8.78 Å². The number of halogens is 2. The average molecular weight is 383 g/mol. The van der Waals surface area contributed by atoms with E-state index < -0.39 is 11.6 Å². The maximum atomic E-state index is 14.2. The summed E-state index contributed by atoms with van der Waals surface area (Å²) in [6.07, 6.45) is 0. The van der Waals surface area contributed by atoms with Crippen LogP contribution in [0.15, 0.2) is 42.5 Å². The molecule has 3 aromatic rings. The number of rotatable bonds is 6. The highest BCUT2D eigenvalue weighted by molar-refractivity contribution is 5.63. The number of methoxy groups -OCH3 is 2. The highest BCUT2D eigenvalue weighted by Gasteiger charge is 2.14. The Labute approximate surface area is 159 Å². The van der Waals surface area contributed by atoms with Gasteiger partial charge in [-0.3, -0.25) is 0 Å². The summed E-state index contributed by atoms with van der Waals surface area (Å²) in [7, 11) is 2.73. The highest BCUT2D eigenvalue weighted by atomic mass is 19.1. The Morgan fingerprint density at radius 1 is 0.929 bits per heavy atom. The molecular formula is C19H15F2N5O2. The fourth-order valence-electron chi connectivity index (χ4n) is 2.32. The molecule has 0 fully saturated rings. The third-order valence-electron chi connectivity index (χ3n) is 3.69. The molecule has 0 radical (unpaired) electrons. The second kappa shape index (κ2) is 8.18. The van der Waals surface area contributed by atoms with Gasteiger partial charge < -0.3 is 20.1 Å². The predicted octanol–water partition coefficient (Wildman–Crippen LogP) is 4.13. The molecule has 9 heteroatoms. The van der Waals surface area contributed by atoms with E-state index >= 15 is 0 Å². The van der Waals surface area contributed by atoms with Crippen molar-refractivity contribution in [3.05, 3.63) is 59.7 Å². The Kier molecular flexibility index (Phi) is 5.50. The van der Waals surface area contributed by atoms with Crippen LogP contribution >= 0.6 is 0 Å². The van der Waals surface area contributed by atoms with Gasteiger partial charge in [0.15, 0.2) is 11.6 Å². The molecule has 0 saturated carbocycles. The van der Waals surface area contributed by atoms with E-state index in [9.17, 15) is 8.78 Å². The third kappa shape index (κ3) is 4.24. The quantitative estimate of drug-likeness (QED) is 0.661. The van der Waals surface area contributed by atoms with E-state index in [4.69, 9.17) is 14.7 Å². The largest absolute Gasteiger partial charge is 0.497 e. The normalized spacial score (nSPS) is 10.1. The van der Waals surface area contributed by atoms with Gasteiger partial charge >= 0.3 is 0 Å². The molecule has 3 rings (SSSR count). The lowest BCUT2D eigenvalue weighted by atomic mass is 10.2. The maximum absolute atomic E-state index is 14.2. The Morgan fingerprint density at radius 3 is 2.18 bits per heavy atom. The fourth-order valence-corrected chi connectivity index (χ4v) is 2.32. The summed E-state index contributed by atoms with van der Waals surface area (Å²) in [6.45, 7) is 0. The lowest BCUT2D eigenvalue weighted by molar-refractivity contribution is 0.398. The summed E-state index contributed by atoms with van der Waals surface area (Å²) in [4.78, 5) is 8.34. The van der Waals surface area contributed by atoms with Crippen LogP contribution in [0.25, 0.3) is 0 Å². The second-order valence-corrected chi connectivity index (χ2v) is 5.52. The van der Waals surface area contributed by atoms with Crippen LogP contribution in [0.3, 0.4) is 0 Å². The van der Waals surface area contributed by atoms with Crippen molar-refractivity contribution in [2.45, 2.75) is 0 Å². The highest BCUT2D eigenvalue weighted by Crippen LogP contribution is 2.29. The molecule has 1 heterocycles. The molecule has 0 spiro atoms. The van der Waals surface area contributed by atoms with E-state index in [-0.39, 0.29) is 29.1 Å². The molecule has 2 N–H and O–H groups in total. The summed E-state index contributed by atoms with van der Waals surface area (Å²) in [6, 6.07) is 12.1. The summed E-state index contributed by atoms with van der Waals surface area (Å²) in [5.41, 5.74) is 0.746. The molecule has 7 nitrogen and oxygen atoms in total. The van der Waals surface area contributed by atoms with Gasteiger partial charge in [0.2, 0.25) is 11.8 Å². The molecule has 1 aromatic heterocycles. The van der Waals surface area contributed by atoms with Crippen LogP contribution < -0.4 is 20.1 Å². The van der Waals surface area contributed by atoms with Crippen molar-refractivity contribution in [1.82, 2.24) is 9.97 Å². The zero-order valence-corrected chi connectivity index (χ0v) is 15.0. The van der Waals surface area contributed by atoms with Crippen LogP contribution in [0.4, 0.5) is 31.9 Å². The van der Waals surface area contributed by atoms with Crippen molar-refractivity contribution in [2.24, 2.45) is 0 Å². The van der Waals surface area contributed by atoms with E-state index in [1.165, 1.54) is 20.3 Å². The number of ether oxygens (including phenoxy) is 2. The van der Waals surface area contributed by atoms with Gasteiger partial charge in [-0.1, -0.05) is 0 Å². The van der Waals surface area contributed by atoms with Gasteiger partial charge in [-0.05, 0) is 24.3 Å². The molecule has 28 heavy (non-hydrogen) atoms. The number of nitrogens with zero attached hydrogens (tertiary/aromatic N) is 3. The van der Waals surface area contributed by atoms with Gasteiger partial charge in [0, 0.05) is 23.9 Å². The topological polar surface area (TPSA) is 92.1 Å². The fraction of sp³-hybridized carbons (Fsp3) is 0.105. The van der Waals surface area contributed by atoms with Crippen molar-refractivity contribution in [2.75, 3.05) is 24.9 Å². The first kappa shape index (κ1) is 18.8. The molecule has 0 bridgehead atoms. The number of hydrogen-bond donors (Lipinski definition) is 2. The van der Waals surface area contributed by atoms with Crippen molar-refractivity contribution >= 4 is 23.1 Å². The number of aromatic nitrogens is 2. The second-order valence-electron chi connectivity index (χ2n) is 5.52. The van der Waals surface area contributed by atoms with Crippen LogP contribution in [0.2, 0.25) is 0 Å². The minimum absolute atomic E-state index is 0.0592. The van der Waals surface area contributed by atoms with Crippen LogP contribution in [0, 0.1) is 23.0 Å². The number of benzene rings is 2. The summed E-state index contributed by atoms with van der Waals surface area (Å²) in [5.74, 6) is -1.18. The van der Waals surface area contributed by atoms with Crippen LogP contribution in [0.1, 0.15) is 5.56 Å². The van der Waals surface area contributed by atoms with Crippen molar-refractivity contribution < 1.29 is 18.3 Å². The molecule has 142 valence electrons. The van der Waals surface area contributed by atoms with Gasteiger partial charge in [-0.2, -0.15) is 15.2 Å². The lowest BCUT2D eigenvalue weighted by Gasteiger charge is -2.12. The zero-order valence-electron chi connectivity index (χ0n) is 15.0. The Balaban J connectivity index is 1.90. The number of hydrogen-bond acceptors (Lipinski definition) is 7. The van der Waals surface area contributed by atoms with Gasteiger partial charge in [-0.15, -0.1) is 0 Å². The van der Waals surface area contributed by atoms with Crippen molar-refractivity contribution in [3.8, 4) is 17.7 Å². The standard InChI is InChI=1S/C19H15F2N5O2/c1-27-13-7-14(20)18(15(21)8-13)24-16-9-17(28-2)26-19(25-16)23-12-5-3-11(10-22)4-6-12/h3-9H,1-2H3,(H2,23,24,25,26). The van der Waals surface area contributed by atoms with Crippen LogP contribution in [-0.4, -0.2) is 24.2 Å². The maximum Gasteiger partial charge on any atom is 0.232 e. The van der Waals surface area contributed by atoms with E-state index in [0.29, 0.717) is 11.3 Å². The monoisotopic (exact) mass is 383 g/mol. The molecule has 0 unspecified atom stereocenters. The molecular weight excluding hydrogens is 368 g/mol. The summed E-state index contributed by atoms with van der Waals surface area (Å²) >= 11 is 0. The molecule has 0 amide bonds. The first-order valence-electron chi connectivity index (χ1n) is 8.02. The van der Waals surface area contributed by atoms with Gasteiger partial charge in [0.05, 0.1) is 25.9 Å². The number of anilines is 4. The van der Waals surface area contributed by atoms with Gasteiger partial charge in [0.25, 0.3) is 0 Å². The minimum atomic E-state index is -0.837. The van der Waals surface area contributed by atoms with Crippen molar-refractivity contribution in [1.29, 1.82) is 5.26 Å². The van der Waals surface area contributed by atoms with E-state index in [1.54, 1.807) is 24.3 Å². The molecule has 0 atom stereocenters. The number of nitriles is 1. The Hall–Kier alpha value is -3.93. The summed E-state index contributed by atoms with van der Waals surface area (Å²) in [5, 5.41) is 14.4. The van der Waals surface area contributed by atoms with Crippen LogP contribution in [-0.2, 0) is 0 Å². The third-order valence-corrected chi connectivity index (χ3v) is 3.69. The van der Waals surface area contributed by atoms with Crippen LogP contribution in [0.5, 0.6) is 11.6 Å². The molecule has 2 aromatic carbocycles. The zero-order chi connectivity index (χ0) is 20.1. The van der Waals surface area contributed by atoms with E-state index in [2.05, 4.69) is 20.6 Å². The first-order chi connectivity index (χ1) is 13.5. The Morgan fingerprint density at radius 2 is 1.61 bits per heavy atom.